The van der Waals surface area contributed by atoms with Gasteiger partial charge in [0.2, 0.25) is 11.9 Å². The Kier molecular flexibility index (Phi) is 6.82. The molecule has 0 atom stereocenters. The molecule has 2 fully saturated rings. The Hall–Kier alpha value is -2.91. The average Bonchev–Trinajstić information content (AvgIpc) is 3.27. The van der Waals surface area contributed by atoms with E-state index in [0.29, 0.717) is 49.6 Å². The fourth-order valence-electron chi connectivity index (χ4n) is 4.58. The van der Waals surface area contributed by atoms with Gasteiger partial charge in [0.25, 0.3) is 0 Å². The molecule has 1 N–H and O–H groups in total. The van der Waals surface area contributed by atoms with Crippen molar-refractivity contribution < 1.29 is 13.9 Å². The van der Waals surface area contributed by atoms with Crippen LogP contribution < -0.4 is 10.2 Å². The maximum atomic E-state index is 14.0. The van der Waals surface area contributed by atoms with Crippen molar-refractivity contribution in [3.8, 4) is 5.69 Å². The lowest BCUT2D eigenvalue weighted by molar-refractivity contribution is -0.119. The highest BCUT2D eigenvalue weighted by atomic mass is 32.2. The van der Waals surface area contributed by atoms with Gasteiger partial charge in [-0.05, 0) is 36.6 Å². The van der Waals surface area contributed by atoms with Gasteiger partial charge in [-0.15, -0.1) is 10.2 Å². The van der Waals surface area contributed by atoms with Gasteiger partial charge < -0.3 is 15.0 Å². The normalized spacial score (nSPS) is 17.3. The SMILES string of the molecule is O=C(CSc1nnc(N2CCOCC2)n1-c1cccc(F)c1)NCC1(c2ccccc2)CCC1. The van der Waals surface area contributed by atoms with Gasteiger partial charge in [0.15, 0.2) is 5.16 Å². The molecule has 0 radical (unpaired) electrons. The predicted molar refractivity (Wildman–Crippen MR) is 130 cm³/mol. The predicted octanol–water partition coefficient (Wildman–Crippen LogP) is 3.57. The summed E-state index contributed by atoms with van der Waals surface area (Å²) in [5, 5.41) is 12.4. The van der Waals surface area contributed by atoms with Crippen LogP contribution >= 0.6 is 11.8 Å². The number of thioether (sulfide) groups is 1. The van der Waals surface area contributed by atoms with Gasteiger partial charge in [0.1, 0.15) is 5.82 Å². The van der Waals surface area contributed by atoms with Gasteiger partial charge in [0.05, 0.1) is 24.7 Å². The van der Waals surface area contributed by atoms with Crippen molar-refractivity contribution in [3.63, 3.8) is 0 Å². The first-order chi connectivity index (χ1) is 16.6. The molecular formula is C25H28FN5O2S. The molecule has 1 aliphatic heterocycles. The summed E-state index contributed by atoms with van der Waals surface area (Å²) in [4.78, 5) is 14.8. The van der Waals surface area contributed by atoms with Gasteiger partial charge in [-0.25, -0.2) is 4.39 Å². The Labute approximate surface area is 202 Å². The lowest BCUT2D eigenvalue weighted by Crippen LogP contribution is -2.46. The van der Waals surface area contributed by atoms with E-state index in [1.54, 1.807) is 6.07 Å². The van der Waals surface area contributed by atoms with Crippen LogP contribution in [0.3, 0.4) is 0 Å². The van der Waals surface area contributed by atoms with Crippen LogP contribution in [-0.2, 0) is 14.9 Å². The number of nitrogens with one attached hydrogen (secondary N) is 1. The zero-order chi connectivity index (χ0) is 23.4. The standard InChI is InChI=1S/C25H28FN5O2S/c26-20-8-4-9-21(16-20)31-23(30-12-14-33-15-13-30)28-29-24(31)34-17-22(32)27-18-25(10-5-11-25)19-6-2-1-3-7-19/h1-4,6-9,16H,5,10-15,17-18H2,(H,27,32). The van der Waals surface area contributed by atoms with Crippen LogP contribution in [0, 0.1) is 5.82 Å². The smallest absolute Gasteiger partial charge is 0.232 e. The molecule has 2 heterocycles. The highest BCUT2D eigenvalue weighted by Gasteiger charge is 2.38. The topological polar surface area (TPSA) is 72.3 Å². The fourth-order valence-corrected chi connectivity index (χ4v) is 5.35. The van der Waals surface area contributed by atoms with E-state index >= 15 is 0 Å². The van der Waals surface area contributed by atoms with Crippen molar-refractivity contribution in [1.29, 1.82) is 0 Å². The maximum absolute atomic E-state index is 14.0. The number of carbonyl (C=O) groups excluding carboxylic acids is 1. The number of benzene rings is 2. The van der Waals surface area contributed by atoms with E-state index in [0.717, 1.165) is 12.8 Å². The summed E-state index contributed by atoms with van der Waals surface area (Å²) in [7, 11) is 0. The molecule has 1 aliphatic carbocycles. The highest BCUT2D eigenvalue weighted by molar-refractivity contribution is 7.99. The molecule has 3 aromatic rings. The summed E-state index contributed by atoms with van der Waals surface area (Å²) in [6.07, 6.45) is 3.35. The number of carbonyl (C=O) groups is 1. The summed E-state index contributed by atoms with van der Waals surface area (Å²) in [5.74, 6) is 0.462. The number of nitrogens with zero attached hydrogens (tertiary/aromatic N) is 4. The molecule has 178 valence electrons. The largest absolute Gasteiger partial charge is 0.378 e. The first-order valence-corrected chi connectivity index (χ1v) is 12.6. The molecule has 2 aliphatic rings. The van der Waals surface area contributed by atoms with Crippen LogP contribution in [0.1, 0.15) is 24.8 Å². The van der Waals surface area contributed by atoms with Crippen LogP contribution in [0.5, 0.6) is 0 Å². The molecule has 0 unspecified atom stereocenters. The maximum Gasteiger partial charge on any atom is 0.232 e. The minimum atomic E-state index is -0.334. The Morgan fingerprint density at radius 2 is 1.88 bits per heavy atom. The quantitative estimate of drug-likeness (QED) is 0.496. The molecule has 9 heteroatoms. The van der Waals surface area contributed by atoms with E-state index < -0.39 is 0 Å². The van der Waals surface area contributed by atoms with Gasteiger partial charge in [-0.2, -0.15) is 0 Å². The summed E-state index contributed by atoms with van der Waals surface area (Å²) in [5.41, 5.74) is 1.95. The molecule has 0 bridgehead atoms. The third-order valence-electron chi connectivity index (χ3n) is 6.63. The summed E-state index contributed by atoms with van der Waals surface area (Å²) in [6.45, 7) is 3.19. The van der Waals surface area contributed by atoms with Gasteiger partial charge in [0, 0.05) is 25.0 Å². The highest BCUT2D eigenvalue weighted by Crippen LogP contribution is 2.43. The number of halogens is 1. The number of hydrogen-bond donors (Lipinski definition) is 1. The van der Waals surface area contributed by atoms with Gasteiger partial charge in [-0.1, -0.05) is 54.6 Å². The zero-order valence-electron chi connectivity index (χ0n) is 19.0. The number of aromatic nitrogens is 3. The Balaban J connectivity index is 1.28. The van der Waals surface area contributed by atoms with Crippen LogP contribution in [0.25, 0.3) is 5.69 Å². The van der Waals surface area contributed by atoms with Crippen molar-refractivity contribution >= 4 is 23.6 Å². The van der Waals surface area contributed by atoms with E-state index in [1.807, 2.05) is 16.7 Å². The van der Waals surface area contributed by atoms with Crippen molar-refractivity contribution in [2.24, 2.45) is 0 Å². The van der Waals surface area contributed by atoms with Crippen molar-refractivity contribution in [1.82, 2.24) is 20.1 Å². The first-order valence-electron chi connectivity index (χ1n) is 11.6. The average molecular weight is 482 g/mol. The number of ether oxygens (including phenoxy) is 1. The molecule has 1 saturated carbocycles. The molecule has 0 spiro atoms. The van der Waals surface area contributed by atoms with Crippen LogP contribution in [0.15, 0.2) is 59.8 Å². The van der Waals surface area contributed by atoms with E-state index in [-0.39, 0.29) is 22.9 Å². The summed E-state index contributed by atoms with van der Waals surface area (Å²) >= 11 is 1.31. The van der Waals surface area contributed by atoms with Crippen LogP contribution in [0.4, 0.5) is 10.3 Å². The monoisotopic (exact) mass is 481 g/mol. The van der Waals surface area contributed by atoms with Crippen LogP contribution in [0.2, 0.25) is 0 Å². The molecular weight excluding hydrogens is 453 g/mol. The lowest BCUT2D eigenvalue weighted by Gasteiger charge is -2.42. The third kappa shape index (κ3) is 4.81. The second kappa shape index (κ2) is 10.1. The molecule has 7 nitrogen and oxygen atoms in total. The number of anilines is 1. The Bertz CT molecular complexity index is 1130. The van der Waals surface area contributed by atoms with Crippen molar-refractivity contribution in [2.45, 2.75) is 29.8 Å². The van der Waals surface area contributed by atoms with E-state index in [2.05, 4.69) is 44.7 Å². The summed E-state index contributed by atoms with van der Waals surface area (Å²) in [6, 6.07) is 16.8. The number of morpholine rings is 1. The Morgan fingerprint density at radius 3 is 2.59 bits per heavy atom. The number of amides is 1. The van der Waals surface area contributed by atoms with Crippen molar-refractivity contribution in [2.75, 3.05) is 43.5 Å². The van der Waals surface area contributed by atoms with E-state index in [4.69, 9.17) is 4.74 Å². The molecule has 2 aromatic carbocycles. The zero-order valence-corrected chi connectivity index (χ0v) is 19.8. The minimum Gasteiger partial charge on any atom is -0.378 e. The molecule has 1 amide bonds. The third-order valence-corrected chi connectivity index (χ3v) is 7.56. The van der Waals surface area contributed by atoms with Crippen LogP contribution in [-0.4, -0.2) is 59.3 Å². The number of rotatable bonds is 8. The van der Waals surface area contributed by atoms with E-state index in [1.165, 1.54) is 35.9 Å². The summed E-state index contributed by atoms with van der Waals surface area (Å²) < 4.78 is 21.3. The fraction of sp³-hybridized carbons (Fsp3) is 0.400. The second-order valence-electron chi connectivity index (χ2n) is 8.76. The lowest BCUT2D eigenvalue weighted by atomic mass is 9.64. The minimum absolute atomic E-state index is 0.0344. The van der Waals surface area contributed by atoms with Gasteiger partial charge >= 0.3 is 0 Å². The van der Waals surface area contributed by atoms with E-state index in [9.17, 15) is 9.18 Å². The molecule has 1 saturated heterocycles. The first kappa shape index (κ1) is 22.9. The molecule has 34 heavy (non-hydrogen) atoms. The molecule has 1 aromatic heterocycles. The molecule has 5 rings (SSSR count). The second-order valence-corrected chi connectivity index (χ2v) is 9.71. The number of hydrogen-bond acceptors (Lipinski definition) is 6. The van der Waals surface area contributed by atoms with Crippen molar-refractivity contribution in [3.05, 3.63) is 66.0 Å². The van der Waals surface area contributed by atoms with Gasteiger partial charge in [-0.3, -0.25) is 9.36 Å². The Morgan fingerprint density at radius 1 is 1.09 bits per heavy atom.